The summed E-state index contributed by atoms with van der Waals surface area (Å²) >= 11 is 5.62. The van der Waals surface area contributed by atoms with Gasteiger partial charge in [0.1, 0.15) is 0 Å². The topological polar surface area (TPSA) is 44.4 Å². The van der Waals surface area contributed by atoms with Crippen molar-refractivity contribution in [1.82, 2.24) is 10.2 Å². The van der Waals surface area contributed by atoms with E-state index < -0.39 is 5.76 Å². The fourth-order valence-electron chi connectivity index (χ4n) is 1.30. The normalized spacial score (nSPS) is 10.2. The second-order valence-corrected chi connectivity index (χ2v) is 5.31. The van der Waals surface area contributed by atoms with Crippen LogP contribution in [0.3, 0.4) is 0 Å². The summed E-state index contributed by atoms with van der Waals surface area (Å²) in [6.07, 6.45) is 0. The van der Waals surface area contributed by atoms with Gasteiger partial charge in [-0.25, -0.2) is 0 Å². The molecule has 1 aromatic rings. The van der Waals surface area contributed by atoms with Gasteiger partial charge in [-0.15, -0.1) is 0 Å². The fourth-order valence-corrected chi connectivity index (χ4v) is 1.99. The highest BCUT2D eigenvalue weighted by molar-refractivity contribution is 7.99. The number of likely N-dealkylation sites (N-methyl/N-ethyl adjacent to an activating group) is 2. The van der Waals surface area contributed by atoms with Gasteiger partial charge >= 0.3 is 0 Å². The van der Waals surface area contributed by atoms with Crippen molar-refractivity contribution in [2.45, 2.75) is 10.7 Å². The van der Waals surface area contributed by atoms with Crippen molar-refractivity contribution in [2.75, 3.05) is 26.0 Å². The molecule has 0 radical (unpaired) electrons. The van der Waals surface area contributed by atoms with Gasteiger partial charge in [0, 0.05) is 24.7 Å². The summed E-state index contributed by atoms with van der Waals surface area (Å²) < 4.78 is 24.3. The molecule has 0 atom stereocenters. The molecular formula is C12H15F2N3OS2. The van der Waals surface area contributed by atoms with Crippen molar-refractivity contribution in [3.63, 3.8) is 0 Å². The minimum atomic E-state index is -2.44. The van der Waals surface area contributed by atoms with Crippen LogP contribution < -0.4 is 10.6 Å². The van der Waals surface area contributed by atoms with Crippen molar-refractivity contribution in [1.29, 1.82) is 0 Å². The molecule has 0 heterocycles. The number of thioether (sulfide) groups is 1. The number of alkyl halides is 2. The molecule has 0 fully saturated rings. The van der Waals surface area contributed by atoms with E-state index in [0.717, 1.165) is 0 Å². The van der Waals surface area contributed by atoms with E-state index in [1.165, 1.54) is 0 Å². The predicted octanol–water partition coefficient (Wildman–Crippen LogP) is 2.38. The van der Waals surface area contributed by atoms with E-state index in [-0.39, 0.29) is 12.5 Å². The van der Waals surface area contributed by atoms with Crippen LogP contribution in [-0.4, -0.2) is 42.3 Å². The summed E-state index contributed by atoms with van der Waals surface area (Å²) in [5.41, 5.74) is 0.678. The highest BCUT2D eigenvalue weighted by Gasteiger charge is 2.09. The predicted molar refractivity (Wildman–Crippen MR) is 81.2 cm³/mol. The molecule has 0 aromatic heterocycles. The first-order chi connectivity index (χ1) is 9.42. The number of carbonyl (C=O) groups excluding carboxylic acids is 1. The number of hydrogen-bond donors (Lipinski definition) is 2. The number of carbonyl (C=O) groups is 1. The quantitative estimate of drug-likeness (QED) is 0.644. The number of nitrogens with zero attached hydrogens (tertiary/aromatic N) is 1. The lowest BCUT2D eigenvalue weighted by Crippen LogP contribution is -2.39. The smallest absolute Gasteiger partial charge is 0.288 e. The van der Waals surface area contributed by atoms with Crippen molar-refractivity contribution in [3.8, 4) is 0 Å². The van der Waals surface area contributed by atoms with Crippen LogP contribution in [0.2, 0.25) is 0 Å². The first-order valence-corrected chi connectivity index (χ1v) is 6.98. The lowest BCUT2D eigenvalue weighted by molar-refractivity contribution is -0.120. The van der Waals surface area contributed by atoms with Gasteiger partial charge in [0.2, 0.25) is 5.91 Å². The van der Waals surface area contributed by atoms with E-state index in [4.69, 9.17) is 12.2 Å². The van der Waals surface area contributed by atoms with Crippen LogP contribution in [0.5, 0.6) is 0 Å². The summed E-state index contributed by atoms with van der Waals surface area (Å²) in [7, 11) is 3.23. The molecule has 2 N–H and O–H groups in total. The van der Waals surface area contributed by atoms with E-state index in [0.29, 0.717) is 27.5 Å². The zero-order valence-corrected chi connectivity index (χ0v) is 12.7. The first kappa shape index (κ1) is 16.6. The number of nitrogens with one attached hydrogen (secondary N) is 2. The van der Waals surface area contributed by atoms with E-state index in [2.05, 4.69) is 10.6 Å². The van der Waals surface area contributed by atoms with Gasteiger partial charge < -0.3 is 15.5 Å². The van der Waals surface area contributed by atoms with Crippen LogP contribution >= 0.6 is 24.0 Å². The molecule has 110 valence electrons. The maximum absolute atomic E-state index is 12.2. The zero-order valence-electron chi connectivity index (χ0n) is 11.0. The Balaban J connectivity index is 2.55. The van der Waals surface area contributed by atoms with E-state index in [9.17, 15) is 13.6 Å². The molecule has 0 saturated carbocycles. The Morgan fingerprint density at radius 3 is 2.50 bits per heavy atom. The third-order valence-electron chi connectivity index (χ3n) is 2.34. The Bertz CT molecular complexity index is 468. The fraction of sp³-hybridized carbons (Fsp3) is 0.333. The first-order valence-electron chi connectivity index (χ1n) is 5.70. The summed E-state index contributed by atoms with van der Waals surface area (Å²) in [4.78, 5) is 13.3. The Labute approximate surface area is 125 Å². The molecule has 8 heteroatoms. The highest BCUT2D eigenvalue weighted by atomic mass is 32.2. The van der Waals surface area contributed by atoms with E-state index >= 15 is 0 Å². The molecule has 0 spiro atoms. The molecule has 1 aromatic carbocycles. The molecule has 0 aliphatic heterocycles. The maximum Gasteiger partial charge on any atom is 0.288 e. The minimum absolute atomic E-state index is 0.141. The van der Waals surface area contributed by atoms with E-state index in [1.807, 2.05) is 0 Å². The third kappa shape index (κ3) is 5.70. The summed E-state index contributed by atoms with van der Waals surface area (Å²) in [6, 6.07) is 6.48. The number of hydrogen-bond acceptors (Lipinski definition) is 3. The number of benzene rings is 1. The van der Waals surface area contributed by atoms with Crippen molar-refractivity contribution in [3.05, 3.63) is 24.3 Å². The van der Waals surface area contributed by atoms with Gasteiger partial charge in [-0.1, -0.05) is 11.8 Å². The van der Waals surface area contributed by atoms with Crippen molar-refractivity contribution >= 4 is 40.7 Å². The van der Waals surface area contributed by atoms with E-state index in [1.54, 1.807) is 43.3 Å². The number of rotatable bonds is 5. The van der Waals surface area contributed by atoms with Crippen molar-refractivity contribution < 1.29 is 13.6 Å². The molecule has 0 saturated heterocycles. The molecule has 1 amide bonds. The SMILES string of the molecule is CNC(=O)CN(C)C(=S)Nc1ccc(SC(F)F)cc1. The highest BCUT2D eigenvalue weighted by Crippen LogP contribution is 2.26. The lowest BCUT2D eigenvalue weighted by atomic mass is 10.3. The Morgan fingerprint density at radius 1 is 1.40 bits per heavy atom. The van der Waals surface area contributed by atoms with Crippen LogP contribution in [-0.2, 0) is 4.79 Å². The number of amides is 1. The Kier molecular flexibility index (Phi) is 6.66. The molecule has 1 rings (SSSR count). The second-order valence-electron chi connectivity index (χ2n) is 3.86. The minimum Gasteiger partial charge on any atom is -0.358 e. The molecule has 4 nitrogen and oxygen atoms in total. The number of anilines is 1. The molecule has 20 heavy (non-hydrogen) atoms. The molecule has 0 unspecified atom stereocenters. The average molecular weight is 319 g/mol. The zero-order chi connectivity index (χ0) is 15.1. The summed E-state index contributed by atoms with van der Waals surface area (Å²) in [6.45, 7) is 0.141. The monoisotopic (exact) mass is 319 g/mol. The van der Waals surface area contributed by atoms with Gasteiger partial charge in [0.05, 0.1) is 6.54 Å². The number of halogens is 2. The Morgan fingerprint density at radius 2 is 2.00 bits per heavy atom. The summed E-state index contributed by atoms with van der Waals surface area (Å²) in [5, 5.41) is 5.81. The molecule has 0 aliphatic carbocycles. The lowest BCUT2D eigenvalue weighted by Gasteiger charge is -2.20. The number of thiocarbonyl (C=S) groups is 1. The van der Waals surface area contributed by atoms with Gasteiger partial charge in [-0.05, 0) is 36.5 Å². The standard InChI is InChI=1S/C12H15F2N3OS2/c1-15-10(18)7-17(2)12(19)16-8-3-5-9(6-4-8)20-11(13)14/h3-6,11H,7H2,1-2H3,(H,15,18)(H,16,19). The van der Waals surface area contributed by atoms with Crippen LogP contribution in [0.1, 0.15) is 0 Å². The summed E-state index contributed by atoms with van der Waals surface area (Å²) in [5.74, 6) is -2.59. The van der Waals surface area contributed by atoms with Gasteiger partial charge in [-0.3, -0.25) is 4.79 Å². The van der Waals surface area contributed by atoms with Gasteiger partial charge in [0.25, 0.3) is 5.76 Å². The average Bonchev–Trinajstić information content (AvgIpc) is 2.40. The molecule has 0 bridgehead atoms. The Hall–Kier alpha value is -1.41. The van der Waals surface area contributed by atoms with Crippen LogP contribution in [0.4, 0.5) is 14.5 Å². The second kappa shape index (κ2) is 8.01. The molecule has 0 aliphatic rings. The van der Waals surface area contributed by atoms with Gasteiger partial charge in [0.15, 0.2) is 5.11 Å². The maximum atomic E-state index is 12.2. The van der Waals surface area contributed by atoms with Crippen LogP contribution in [0, 0.1) is 0 Å². The van der Waals surface area contributed by atoms with Gasteiger partial charge in [-0.2, -0.15) is 8.78 Å². The van der Waals surface area contributed by atoms with Crippen LogP contribution in [0.15, 0.2) is 29.2 Å². The third-order valence-corrected chi connectivity index (χ3v) is 3.47. The largest absolute Gasteiger partial charge is 0.358 e. The molecular weight excluding hydrogens is 304 g/mol. The van der Waals surface area contributed by atoms with Crippen LogP contribution in [0.25, 0.3) is 0 Å². The van der Waals surface area contributed by atoms with Crippen molar-refractivity contribution in [2.24, 2.45) is 0 Å².